The summed E-state index contributed by atoms with van der Waals surface area (Å²) >= 11 is 0. The van der Waals surface area contributed by atoms with Gasteiger partial charge in [-0.1, -0.05) is 30.3 Å². The molecule has 0 saturated carbocycles. The van der Waals surface area contributed by atoms with Crippen molar-refractivity contribution in [1.82, 2.24) is 15.5 Å². The Morgan fingerprint density at radius 2 is 1.65 bits per heavy atom. The maximum absolute atomic E-state index is 12.2. The Bertz CT molecular complexity index is 897. The van der Waals surface area contributed by atoms with Crippen molar-refractivity contribution in [2.75, 3.05) is 40.5 Å². The molecule has 8 nitrogen and oxygen atoms in total. The SMILES string of the molecule is COC(=O)c1cc(CNC(=O)NCc2cccc(CN3CCOCC3)c2)ccc1OC. The zero-order valence-electron chi connectivity index (χ0n) is 18.0. The highest BCUT2D eigenvalue weighted by Crippen LogP contribution is 2.20. The van der Waals surface area contributed by atoms with Crippen LogP contribution in [0.25, 0.3) is 0 Å². The first-order valence-electron chi connectivity index (χ1n) is 10.2. The maximum Gasteiger partial charge on any atom is 0.341 e. The number of rotatable bonds is 8. The molecule has 1 aliphatic heterocycles. The van der Waals surface area contributed by atoms with Crippen LogP contribution in [-0.4, -0.2) is 57.4 Å². The van der Waals surface area contributed by atoms with Gasteiger partial charge in [-0.15, -0.1) is 0 Å². The number of amides is 2. The normalized spacial score (nSPS) is 14.0. The Morgan fingerprint density at radius 3 is 2.32 bits per heavy atom. The molecule has 0 spiro atoms. The summed E-state index contributed by atoms with van der Waals surface area (Å²) in [5.41, 5.74) is 3.35. The van der Waals surface area contributed by atoms with Crippen LogP contribution in [0.1, 0.15) is 27.0 Å². The number of methoxy groups -OCH3 is 2. The average molecular weight is 428 g/mol. The van der Waals surface area contributed by atoms with Crippen LogP contribution in [-0.2, 0) is 29.1 Å². The Morgan fingerprint density at radius 1 is 0.968 bits per heavy atom. The molecule has 0 aromatic heterocycles. The summed E-state index contributed by atoms with van der Waals surface area (Å²) in [6.07, 6.45) is 0. The van der Waals surface area contributed by atoms with Crippen LogP contribution < -0.4 is 15.4 Å². The molecule has 3 rings (SSSR count). The van der Waals surface area contributed by atoms with Gasteiger partial charge in [0.2, 0.25) is 0 Å². The van der Waals surface area contributed by atoms with Crippen molar-refractivity contribution in [3.63, 3.8) is 0 Å². The number of ether oxygens (including phenoxy) is 3. The van der Waals surface area contributed by atoms with E-state index in [0.29, 0.717) is 17.9 Å². The average Bonchev–Trinajstić information content (AvgIpc) is 2.81. The number of hydrogen-bond donors (Lipinski definition) is 2. The second-order valence-corrected chi connectivity index (χ2v) is 7.27. The van der Waals surface area contributed by atoms with Gasteiger partial charge in [-0.2, -0.15) is 0 Å². The lowest BCUT2D eigenvalue weighted by Gasteiger charge is -2.26. The van der Waals surface area contributed by atoms with Crippen LogP contribution in [0.3, 0.4) is 0 Å². The van der Waals surface area contributed by atoms with Crippen molar-refractivity contribution in [2.24, 2.45) is 0 Å². The number of benzene rings is 2. The topological polar surface area (TPSA) is 89.1 Å². The molecule has 0 unspecified atom stereocenters. The van der Waals surface area contributed by atoms with Crippen LogP contribution in [0.2, 0.25) is 0 Å². The third-order valence-electron chi connectivity index (χ3n) is 5.08. The van der Waals surface area contributed by atoms with Crippen LogP contribution in [0.15, 0.2) is 42.5 Å². The second-order valence-electron chi connectivity index (χ2n) is 7.27. The molecule has 0 bridgehead atoms. The molecule has 2 aromatic carbocycles. The van der Waals surface area contributed by atoms with Gasteiger partial charge < -0.3 is 24.8 Å². The smallest absolute Gasteiger partial charge is 0.341 e. The first-order valence-corrected chi connectivity index (χ1v) is 10.2. The standard InChI is InChI=1S/C23H29N3O5/c1-29-21-7-6-18(13-20(21)22(27)30-2)15-25-23(28)24-14-17-4-3-5-19(12-17)16-26-8-10-31-11-9-26/h3-7,12-13H,8-11,14-16H2,1-2H3,(H2,24,25,28). The van der Waals surface area contributed by atoms with Crippen molar-refractivity contribution in [1.29, 1.82) is 0 Å². The van der Waals surface area contributed by atoms with Gasteiger partial charge in [0.1, 0.15) is 11.3 Å². The Balaban J connectivity index is 1.49. The molecule has 1 aliphatic rings. The summed E-state index contributed by atoms with van der Waals surface area (Å²) in [6.45, 7) is 5.01. The predicted molar refractivity (Wildman–Crippen MR) is 116 cm³/mol. The highest BCUT2D eigenvalue weighted by molar-refractivity contribution is 5.92. The summed E-state index contributed by atoms with van der Waals surface area (Å²) in [6, 6.07) is 13.1. The van der Waals surface area contributed by atoms with Crippen molar-refractivity contribution < 1.29 is 23.8 Å². The zero-order valence-corrected chi connectivity index (χ0v) is 18.0. The van der Waals surface area contributed by atoms with Crippen molar-refractivity contribution in [2.45, 2.75) is 19.6 Å². The number of morpholine rings is 1. The molecule has 2 amide bonds. The summed E-state index contributed by atoms with van der Waals surface area (Å²) in [4.78, 5) is 26.5. The lowest BCUT2D eigenvalue weighted by molar-refractivity contribution is 0.0342. The first kappa shape index (κ1) is 22.6. The minimum atomic E-state index is -0.486. The summed E-state index contributed by atoms with van der Waals surface area (Å²) in [5, 5.41) is 5.68. The fourth-order valence-corrected chi connectivity index (χ4v) is 3.42. The second kappa shape index (κ2) is 11.3. The van der Waals surface area contributed by atoms with E-state index < -0.39 is 5.97 Å². The van der Waals surface area contributed by atoms with Gasteiger partial charge in [-0.25, -0.2) is 9.59 Å². The third kappa shape index (κ3) is 6.70. The fourth-order valence-electron chi connectivity index (χ4n) is 3.42. The van der Waals surface area contributed by atoms with Gasteiger partial charge in [-0.05, 0) is 28.8 Å². The van der Waals surface area contributed by atoms with E-state index in [1.807, 2.05) is 12.1 Å². The van der Waals surface area contributed by atoms with Crippen LogP contribution in [0.5, 0.6) is 5.75 Å². The largest absolute Gasteiger partial charge is 0.496 e. The van der Waals surface area contributed by atoms with Gasteiger partial charge in [0.25, 0.3) is 0 Å². The lowest BCUT2D eigenvalue weighted by Crippen LogP contribution is -2.36. The minimum absolute atomic E-state index is 0.275. The molecule has 166 valence electrons. The number of carbonyl (C=O) groups excluding carboxylic acids is 2. The third-order valence-corrected chi connectivity index (χ3v) is 5.08. The van der Waals surface area contributed by atoms with Gasteiger partial charge in [0.05, 0.1) is 27.4 Å². The first-order chi connectivity index (χ1) is 15.1. The summed E-state index contributed by atoms with van der Waals surface area (Å²) in [7, 11) is 2.80. The van der Waals surface area contributed by atoms with Crippen molar-refractivity contribution >= 4 is 12.0 Å². The van der Waals surface area contributed by atoms with Crippen molar-refractivity contribution in [3.8, 4) is 5.75 Å². The van der Waals surface area contributed by atoms with Gasteiger partial charge >= 0.3 is 12.0 Å². The van der Waals surface area contributed by atoms with E-state index in [2.05, 4.69) is 27.7 Å². The number of carbonyl (C=O) groups is 2. The number of esters is 1. The molecule has 1 fully saturated rings. The quantitative estimate of drug-likeness (QED) is 0.629. The van der Waals surface area contributed by atoms with Crippen molar-refractivity contribution in [3.05, 3.63) is 64.7 Å². The van der Waals surface area contributed by atoms with Crippen LogP contribution in [0, 0.1) is 0 Å². The molecule has 1 saturated heterocycles. The molecule has 1 heterocycles. The monoisotopic (exact) mass is 427 g/mol. The van der Waals surface area contributed by atoms with Gasteiger partial charge in [-0.3, -0.25) is 4.90 Å². The molecule has 2 aromatic rings. The van der Waals surface area contributed by atoms with E-state index in [9.17, 15) is 9.59 Å². The molecular weight excluding hydrogens is 398 g/mol. The molecule has 0 radical (unpaired) electrons. The number of urea groups is 1. The predicted octanol–water partition coefficient (Wildman–Crippen LogP) is 2.31. The molecule has 2 N–H and O–H groups in total. The van der Waals surface area contributed by atoms with Gasteiger partial charge in [0, 0.05) is 32.7 Å². The van der Waals surface area contributed by atoms with Gasteiger partial charge in [0.15, 0.2) is 0 Å². The summed E-state index contributed by atoms with van der Waals surface area (Å²) in [5.74, 6) is -0.0582. The van der Waals surface area contributed by atoms with E-state index in [1.54, 1.807) is 18.2 Å². The lowest BCUT2D eigenvalue weighted by atomic mass is 10.1. The highest BCUT2D eigenvalue weighted by Gasteiger charge is 2.14. The molecule has 0 aliphatic carbocycles. The number of hydrogen-bond acceptors (Lipinski definition) is 6. The van der Waals surface area contributed by atoms with Crippen LogP contribution in [0.4, 0.5) is 4.79 Å². The zero-order chi connectivity index (χ0) is 22.1. The van der Waals surface area contributed by atoms with E-state index in [-0.39, 0.29) is 12.6 Å². The van der Waals surface area contributed by atoms with E-state index in [0.717, 1.165) is 44.0 Å². The van der Waals surface area contributed by atoms with Crippen LogP contribution >= 0.6 is 0 Å². The Hall–Kier alpha value is -3.10. The minimum Gasteiger partial charge on any atom is -0.496 e. The fraction of sp³-hybridized carbons (Fsp3) is 0.391. The molecular formula is C23H29N3O5. The Kier molecular flexibility index (Phi) is 8.26. The molecule has 8 heteroatoms. The van der Waals surface area contributed by atoms with E-state index in [4.69, 9.17) is 14.2 Å². The number of nitrogens with zero attached hydrogens (tertiary/aromatic N) is 1. The van der Waals surface area contributed by atoms with E-state index >= 15 is 0 Å². The van der Waals surface area contributed by atoms with E-state index in [1.165, 1.54) is 19.8 Å². The summed E-state index contributed by atoms with van der Waals surface area (Å²) < 4.78 is 15.4. The Labute approximate surface area is 182 Å². The maximum atomic E-state index is 12.2. The highest BCUT2D eigenvalue weighted by atomic mass is 16.5. The molecule has 0 atom stereocenters. The molecule has 31 heavy (non-hydrogen) atoms. The number of nitrogens with one attached hydrogen (secondary N) is 2.